The van der Waals surface area contributed by atoms with E-state index in [4.69, 9.17) is 12.2 Å². The average Bonchev–Trinajstić information content (AvgIpc) is 3.20. The summed E-state index contributed by atoms with van der Waals surface area (Å²) >= 11 is 7.38. The van der Waals surface area contributed by atoms with Gasteiger partial charge in [0.2, 0.25) is 0 Å². The summed E-state index contributed by atoms with van der Waals surface area (Å²) in [7, 11) is 0. The highest BCUT2D eigenvalue weighted by molar-refractivity contribution is 7.80. The molecule has 0 atom stereocenters. The van der Waals surface area contributed by atoms with Gasteiger partial charge in [0.1, 0.15) is 0 Å². The van der Waals surface area contributed by atoms with Gasteiger partial charge in [0.05, 0.1) is 6.54 Å². The fourth-order valence-corrected chi connectivity index (χ4v) is 3.19. The molecule has 1 aliphatic carbocycles. The highest BCUT2D eigenvalue weighted by Gasteiger charge is 2.30. The van der Waals surface area contributed by atoms with Crippen LogP contribution in [0.4, 0.5) is 0 Å². The lowest BCUT2D eigenvalue weighted by Gasteiger charge is -2.25. The summed E-state index contributed by atoms with van der Waals surface area (Å²) in [6.07, 6.45) is 2.52. The molecule has 0 radical (unpaired) electrons. The first-order chi connectivity index (χ1) is 9.83. The molecular formula is C16H18N2S2. The molecule has 1 aromatic carbocycles. The van der Waals surface area contributed by atoms with Gasteiger partial charge in [0, 0.05) is 17.5 Å². The molecule has 0 aliphatic heterocycles. The number of hydrogen-bond acceptors (Lipinski definition) is 2. The second-order valence-corrected chi connectivity index (χ2v) is 6.50. The number of nitrogens with one attached hydrogen (secondary N) is 1. The molecule has 1 heterocycles. The predicted octanol–water partition coefficient (Wildman–Crippen LogP) is 3.79. The third-order valence-corrected chi connectivity index (χ3v) is 4.68. The van der Waals surface area contributed by atoms with Gasteiger partial charge >= 0.3 is 0 Å². The Labute approximate surface area is 129 Å². The van der Waals surface area contributed by atoms with E-state index in [1.54, 1.807) is 11.3 Å². The highest BCUT2D eigenvalue weighted by atomic mass is 32.1. The largest absolute Gasteiger partial charge is 0.358 e. The fraction of sp³-hybridized carbons (Fsp3) is 0.312. The van der Waals surface area contributed by atoms with Crippen LogP contribution in [0.2, 0.25) is 0 Å². The Balaban J connectivity index is 1.58. The summed E-state index contributed by atoms with van der Waals surface area (Å²) in [6, 6.07) is 15.3. The van der Waals surface area contributed by atoms with E-state index < -0.39 is 0 Å². The number of thiocarbonyl (C=S) groups is 1. The van der Waals surface area contributed by atoms with Crippen molar-refractivity contribution in [2.24, 2.45) is 0 Å². The van der Waals surface area contributed by atoms with E-state index in [9.17, 15) is 0 Å². The van der Waals surface area contributed by atoms with E-state index in [-0.39, 0.29) is 0 Å². The standard InChI is InChI=1S/C16H18N2S2/c19-16(17-11-13-5-2-1-3-6-13)18(14-8-9-14)12-15-7-4-10-20-15/h1-7,10,14H,8-9,11-12H2,(H,17,19). The molecule has 4 heteroatoms. The Bertz CT molecular complexity index is 547. The molecular weight excluding hydrogens is 284 g/mol. The van der Waals surface area contributed by atoms with Gasteiger partial charge in [-0.15, -0.1) is 11.3 Å². The molecule has 3 rings (SSSR count). The Morgan fingerprint density at radius 2 is 2.00 bits per heavy atom. The normalized spacial score (nSPS) is 14.0. The van der Waals surface area contributed by atoms with E-state index in [0.717, 1.165) is 18.2 Å². The summed E-state index contributed by atoms with van der Waals surface area (Å²) in [5.41, 5.74) is 1.27. The number of nitrogens with zero attached hydrogens (tertiary/aromatic N) is 1. The molecule has 1 saturated carbocycles. The van der Waals surface area contributed by atoms with E-state index >= 15 is 0 Å². The smallest absolute Gasteiger partial charge is 0.169 e. The van der Waals surface area contributed by atoms with Gasteiger partial charge in [0.15, 0.2) is 5.11 Å². The molecule has 0 bridgehead atoms. The zero-order valence-corrected chi connectivity index (χ0v) is 12.9. The van der Waals surface area contributed by atoms with E-state index in [0.29, 0.717) is 6.04 Å². The second-order valence-electron chi connectivity index (χ2n) is 5.08. The maximum Gasteiger partial charge on any atom is 0.169 e. The number of benzene rings is 1. The minimum absolute atomic E-state index is 0.632. The number of rotatable bonds is 5. The summed E-state index contributed by atoms with van der Waals surface area (Å²) in [5, 5.41) is 6.40. The zero-order chi connectivity index (χ0) is 13.8. The van der Waals surface area contributed by atoms with Crippen molar-refractivity contribution in [2.45, 2.75) is 32.0 Å². The Morgan fingerprint density at radius 1 is 1.20 bits per heavy atom. The molecule has 1 aliphatic rings. The molecule has 1 aromatic heterocycles. The average molecular weight is 302 g/mol. The summed E-state index contributed by atoms with van der Waals surface area (Å²) in [6.45, 7) is 1.73. The van der Waals surface area contributed by atoms with Crippen molar-refractivity contribution in [1.29, 1.82) is 0 Å². The summed E-state index contributed by atoms with van der Waals surface area (Å²) in [4.78, 5) is 3.71. The van der Waals surface area contributed by atoms with Gasteiger partial charge in [-0.05, 0) is 42.1 Å². The lowest BCUT2D eigenvalue weighted by Crippen LogP contribution is -2.40. The molecule has 1 fully saturated rings. The van der Waals surface area contributed by atoms with E-state index in [1.807, 2.05) is 6.07 Å². The molecule has 20 heavy (non-hydrogen) atoms. The van der Waals surface area contributed by atoms with Crippen LogP contribution in [-0.4, -0.2) is 16.1 Å². The zero-order valence-electron chi connectivity index (χ0n) is 11.3. The highest BCUT2D eigenvalue weighted by Crippen LogP contribution is 2.29. The minimum atomic E-state index is 0.632. The van der Waals surface area contributed by atoms with Crippen LogP contribution < -0.4 is 5.32 Å². The molecule has 0 unspecified atom stereocenters. The van der Waals surface area contributed by atoms with Crippen LogP contribution in [0.15, 0.2) is 47.8 Å². The van der Waals surface area contributed by atoms with Gasteiger partial charge in [-0.3, -0.25) is 0 Å². The van der Waals surface area contributed by atoms with E-state index in [2.05, 4.69) is 52.0 Å². The number of hydrogen-bond donors (Lipinski definition) is 1. The third-order valence-electron chi connectivity index (χ3n) is 3.44. The maximum atomic E-state index is 5.58. The molecule has 0 spiro atoms. The van der Waals surface area contributed by atoms with Crippen molar-refractivity contribution < 1.29 is 0 Å². The topological polar surface area (TPSA) is 15.3 Å². The monoisotopic (exact) mass is 302 g/mol. The van der Waals surface area contributed by atoms with Crippen LogP contribution in [0.3, 0.4) is 0 Å². The second kappa shape index (κ2) is 6.37. The SMILES string of the molecule is S=C(NCc1ccccc1)N(Cc1cccs1)C1CC1. The van der Waals surface area contributed by atoms with Crippen LogP contribution in [0.5, 0.6) is 0 Å². The predicted molar refractivity (Wildman–Crippen MR) is 88.8 cm³/mol. The van der Waals surface area contributed by atoms with Crippen LogP contribution in [0.1, 0.15) is 23.3 Å². The third kappa shape index (κ3) is 3.58. The summed E-state index contributed by atoms with van der Waals surface area (Å²) in [5.74, 6) is 0. The molecule has 1 N–H and O–H groups in total. The number of thiophene rings is 1. The Kier molecular flexibility index (Phi) is 4.33. The van der Waals surface area contributed by atoms with Crippen LogP contribution in [0.25, 0.3) is 0 Å². The van der Waals surface area contributed by atoms with E-state index in [1.165, 1.54) is 23.3 Å². The van der Waals surface area contributed by atoms with Gasteiger partial charge in [0.25, 0.3) is 0 Å². The fourth-order valence-electron chi connectivity index (χ4n) is 2.20. The van der Waals surface area contributed by atoms with Crippen LogP contribution >= 0.6 is 23.6 Å². The molecule has 2 aromatic rings. The Morgan fingerprint density at radius 3 is 2.65 bits per heavy atom. The van der Waals surface area contributed by atoms with Crippen molar-refractivity contribution >= 4 is 28.7 Å². The van der Waals surface area contributed by atoms with Gasteiger partial charge in [-0.2, -0.15) is 0 Å². The van der Waals surface area contributed by atoms with Gasteiger partial charge in [-0.1, -0.05) is 36.4 Å². The van der Waals surface area contributed by atoms with Gasteiger partial charge < -0.3 is 10.2 Å². The Hall–Kier alpha value is -1.39. The first kappa shape index (κ1) is 13.6. The molecule has 104 valence electrons. The quantitative estimate of drug-likeness (QED) is 0.846. The summed E-state index contributed by atoms with van der Waals surface area (Å²) < 4.78 is 0. The molecule has 2 nitrogen and oxygen atoms in total. The molecule has 0 saturated heterocycles. The lowest BCUT2D eigenvalue weighted by atomic mass is 10.2. The van der Waals surface area contributed by atoms with Crippen LogP contribution in [0, 0.1) is 0 Å². The lowest BCUT2D eigenvalue weighted by molar-refractivity contribution is 0.399. The molecule has 0 amide bonds. The maximum absolute atomic E-state index is 5.58. The first-order valence-corrected chi connectivity index (χ1v) is 8.22. The van der Waals surface area contributed by atoms with Gasteiger partial charge in [-0.25, -0.2) is 0 Å². The first-order valence-electron chi connectivity index (χ1n) is 6.94. The van der Waals surface area contributed by atoms with Crippen LogP contribution in [-0.2, 0) is 13.1 Å². The van der Waals surface area contributed by atoms with Crippen molar-refractivity contribution in [2.75, 3.05) is 0 Å². The van der Waals surface area contributed by atoms with Crippen molar-refractivity contribution in [3.05, 3.63) is 58.3 Å². The minimum Gasteiger partial charge on any atom is -0.358 e. The van der Waals surface area contributed by atoms with Crippen molar-refractivity contribution in [3.63, 3.8) is 0 Å². The van der Waals surface area contributed by atoms with Crippen molar-refractivity contribution in [3.8, 4) is 0 Å². The van der Waals surface area contributed by atoms with Crippen molar-refractivity contribution in [1.82, 2.24) is 10.2 Å².